The second kappa shape index (κ2) is 5.98. The summed E-state index contributed by atoms with van der Waals surface area (Å²) in [5, 5.41) is 0. The molecular formula is C12H15FN2O2. The van der Waals surface area contributed by atoms with Crippen molar-refractivity contribution in [3.05, 3.63) is 35.6 Å². The van der Waals surface area contributed by atoms with Crippen LogP contribution in [0.4, 0.5) is 4.39 Å². The molecule has 0 unspecified atom stereocenters. The van der Waals surface area contributed by atoms with Crippen molar-refractivity contribution >= 4 is 11.8 Å². The van der Waals surface area contributed by atoms with Crippen LogP contribution in [-0.4, -0.2) is 11.8 Å². The first-order valence-electron chi connectivity index (χ1n) is 5.34. The van der Waals surface area contributed by atoms with Gasteiger partial charge in [0.15, 0.2) is 0 Å². The first-order chi connectivity index (χ1) is 8.00. The molecule has 0 fully saturated rings. The van der Waals surface area contributed by atoms with E-state index in [1.54, 1.807) is 6.07 Å². The van der Waals surface area contributed by atoms with E-state index in [0.717, 1.165) is 0 Å². The van der Waals surface area contributed by atoms with Crippen molar-refractivity contribution in [2.75, 3.05) is 0 Å². The van der Waals surface area contributed by atoms with Gasteiger partial charge in [-0.1, -0.05) is 26.0 Å². The van der Waals surface area contributed by atoms with Gasteiger partial charge in [0, 0.05) is 6.42 Å². The van der Waals surface area contributed by atoms with E-state index in [0.29, 0.717) is 6.42 Å². The van der Waals surface area contributed by atoms with Crippen molar-refractivity contribution in [1.82, 2.24) is 10.9 Å². The SMILES string of the molecule is CC(C)CC(=O)NNC(=O)c1ccccc1F. The van der Waals surface area contributed by atoms with Crippen LogP contribution in [0.15, 0.2) is 24.3 Å². The zero-order valence-electron chi connectivity index (χ0n) is 9.79. The number of benzene rings is 1. The monoisotopic (exact) mass is 238 g/mol. The van der Waals surface area contributed by atoms with E-state index in [1.165, 1.54) is 18.2 Å². The van der Waals surface area contributed by atoms with E-state index in [1.807, 2.05) is 13.8 Å². The first kappa shape index (κ1) is 13.2. The van der Waals surface area contributed by atoms with Crippen LogP contribution in [0.2, 0.25) is 0 Å². The van der Waals surface area contributed by atoms with Gasteiger partial charge in [-0.25, -0.2) is 4.39 Å². The third-order valence-corrected chi connectivity index (χ3v) is 2.03. The average Bonchev–Trinajstić information content (AvgIpc) is 2.25. The quantitative estimate of drug-likeness (QED) is 0.786. The topological polar surface area (TPSA) is 58.2 Å². The van der Waals surface area contributed by atoms with Crippen LogP contribution in [0, 0.1) is 11.7 Å². The van der Waals surface area contributed by atoms with E-state index < -0.39 is 11.7 Å². The van der Waals surface area contributed by atoms with Gasteiger partial charge in [0.25, 0.3) is 5.91 Å². The summed E-state index contributed by atoms with van der Waals surface area (Å²) in [7, 11) is 0. The molecule has 0 radical (unpaired) electrons. The van der Waals surface area contributed by atoms with Crippen LogP contribution in [0.25, 0.3) is 0 Å². The van der Waals surface area contributed by atoms with Crippen molar-refractivity contribution in [3.63, 3.8) is 0 Å². The minimum atomic E-state index is -0.666. The van der Waals surface area contributed by atoms with Crippen molar-refractivity contribution in [1.29, 1.82) is 0 Å². The molecule has 0 atom stereocenters. The number of carbonyl (C=O) groups excluding carboxylic acids is 2. The summed E-state index contributed by atoms with van der Waals surface area (Å²) in [6.45, 7) is 3.77. The molecule has 0 aliphatic rings. The van der Waals surface area contributed by atoms with E-state index >= 15 is 0 Å². The fourth-order valence-electron chi connectivity index (χ4n) is 1.26. The highest BCUT2D eigenvalue weighted by Crippen LogP contribution is 2.05. The number of hydrazine groups is 1. The Kier molecular flexibility index (Phi) is 4.63. The van der Waals surface area contributed by atoms with Gasteiger partial charge in [-0.3, -0.25) is 20.4 Å². The Morgan fingerprint density at radius 1 is 1.24 bits per heavy atom. The van der Waals surface area contributed by atoms with Crippen LogP contribution in [0.3, 0.4) is 0 Å². The lowest BCUT2D eigenvalue weighted by atomic mass is 10.1. The largest absolute Gasteiger partial charge is 0.273 e. The van der Waals surface area contributed by atoms with Gasteiger partial charge >= 0.3 is 0 Å². The van der Waals surface area contributed by atoms with E-state index in [-0.39, 0.29) is 17.4 Å². The Morgan fingerprint density at radius 2 is 1.88 bits per heavy atom. The average molecular weight is 238 g/mol. The van der Waals surface area contributed by atoms with Gasteiger partial charge in [-0.15, -0.1) is 0 Å². The predicted octanol–water partition coefficient (Wildman–Crippen LogP) is 1.63. The Balaban J connectivity index is 2.51. The van der Waals surface area contributed by atoms with Crippen LogP contribution in [-0.2, 0) is 4.79 Å². The lowest BCUT2D eigenvalue weighted by molar-refractivity contribution is -0.122. The third-order valence-electron chi connectivity index (χ3n) is 2.03. The molecule has 0 spiro atoms. The summed E-state index contributed by atoms with van der Waals surface area (Å²) in [6.07, 6.45) is 0.303. The summed E-state index contributed by atoms with van der Waals surface area (Å²) >= 11 is 0. The molecule has 0 bridgehead atoms. The van der Waals surface area contributed by atoms with Gasteiger partial charge in [0.05, 0.1) is 5.56 Å². The summed E-state index contributed by atoms with van der Waals surface area (Å²) < 4.78 is 13.2. The molecule has 0 saturated heterocycles. The maximum Gasteiger partial charge on any atom is 0.272 e. The van der Waals surface area contributed by atoms with Crippen LogP contribution >= 0.6 is 0 Å². The second-order valence-corrected chi connectivity index (χ2v) is 4.08. The number of halogens is 1. The van der Waals surface area contributed by atoms with Gasteiger partial charge in [0.2, 0.25) is 5.91 Å². The fourth-order valence-corrected chi connectivity index (χ4v) is 1.26. The number of amides is 2. The number of hydrogen-bond donors (Lipinski definition) is 2. The highest BCUT2D eigenvalue weighted by molar-refractivity contribution is 5.95. The van der Waals surface area contributed by atoms with Crippen LogP contribution in [0.1, 0.15) is 30.6 Å². The molecule has 2 N–H and O–H groups in total. The van der Waals surface area contributed by atoms with Gasteiger partial charge in [-0.05, 0) is 18.1 Å². The van der Waals surface area contributed by atoms with Crippen LogP contribution in [0.5, 0.6) is 0 Å². The highest BCUT2D eigenvalue weighted by atomic mass is 19.1. The molecule has 92 valence electrons. The predicted molar refractivity (Wildman–Crippen MR) is 61.5 cm³/mol. The molecule has 0 heterocycles. The Hall–Kier alpha value is -1.91. The molecular weight excluding hydrogens is 223 g/mol. The van der Waals surface area contributed by atoms with E-state index in [2.05, 4.69) is 10.9 Å². The first-order valence-corrected chi connectivity index (χ1v) is 5.34. The molecule has 4 nitrogen and oxygen atoms in total. The number of nitrogens with one attached hydrogen (secondary N) is 2. The molecule has 0 saturated carbocycles. The lowest BCUT2D eigenvalue weighted by Crippen LogP contribution is -2.42. The number of carbonyl (C=O) groups is 2. The Labute approximate surface area is 99.2 Å². The Morgan fingerprint density at radius 3 is 2.47 bits per heavy atom. The molecule has 1 aromatic carbocycles. The molecule has 2 amide bonds. The lowest BCUT2D eigenvalue weighted by Gasteiger charge is -2.09. The second-order valence-electron chi connectivity index (χ2n) is 4.08. The van der Waals surface area contributed by atoms with Crippen molar-refractivity contribution in [2.24, 2.45) is 5.92 Å². The molecule has 0 aromatic heterocycles. The maximum atomic E-state index is 13.2. The van der Waals surface area contributed by atoms with Gasteiger partial charge in [0.1, 0.15) is 5.82 Å². The van der Waals surface area contributed by atoms with Crippen molar-refractivity contribution < 1.29 is 14.0 Å². The number of rotatable bonds is 3. The summed E-state index contributed by atoms with van der Waals surface area (Å²) in [4.78, 5) is 22.7. The minimum Gasteiger partial charge on any atom is -0.273 e. The van der Waals surface area contributed by atoms with Crippen molar-refractivity contribution in [3.8, 4) is 0 Å². The molecule has 0 aliphatic heterocycles. The van der Waals surface area contributed by atoms with Crippen LogP contribution < -0.4 is 10.9 Å². The fraction of sp³-hybridized carbons (Fsp3) is 0.333. The Bertz CT molecular complexity index is 419. The van der Waals surface area contributed by atoms with E-state index in [9.17, 15) is 14.0 Å². The standard InChI is InChI=1S/C12H15FN2O2/c1-8(2)7-11(16)14-15-12(17)9-5-3-4-6-10(9)13/h3-6,8H,7H2,1-2H3,(H,14,16)(H,15,17). The molecule has 0 aliphatic carbocycles. The molecule has 1 rings (SSSR count). The summed E-state index contributed by atoms with van der Waals surface area (Å²) in [5.74, 6) is -1.40. The molecule has 5 heteroatoms. The highest BCUT2D eigenvalue weighted by Gasteiger charge is 2.11. The zero-order chi connectivity index (χ0) is 12.8. The zero-order valence-corrected chi connectivity index (χ0v) is 9.79. The molecule has 1 aromatic rings. The van der Waals surface area contributed by atoms with E-state index in [4.69, 9.17) is 0 Å². The molecule has 17 heavy (non-hydrogen) atoms. The van der Waals surface area contributed by atoms with Crippen molar-refractivity contribution in [2.45, 2.75) is 20.3 Å². The smallest absolute Gasteiger partial charge is 0.272 e. The minimum absolute atomic E-state index is 0.0997. The maximum absolute atomic E-state index is 13.2. The summed E-state index contributed by atoms with van der Waals surface area (Å²) in [6, 6.07) is 5.57. The van der Waals surface area contributed by atoms with Gasteiger partial charge in [-0.2, -0.15) is 0 Å². The third kappa shape index (κ3) is 4.22. The normalized spacial score (nSPS) is 10.1. The number of hydrogen-bond acceptors (Lipinski definition) is 2. The summed E-state index contributed by atoms with van der Waals surface area (Å²) in [5.41, 5.74) is 4.30. The van der Waals surface area contributed by atoms with Gasteiger partial charge < -0.3 is 0 Å².